The van der Waals surface area contributed by atoms with Gasteiger partial charge in [-0.25, -0.2) is 19.6 Å². The number of imidazole rings is 2. The van der Waals surface area contributed by atoms with Gasteiger partial charge in [0.05, 0.1) is 49.7 Å². The van der Waals surface area contributed by atoms with Gasteiger partial charge >= 0.3 is 12.2 Å². The second kappa shape index (κ2) is 16.5. The number of ether oxygens (including phenoxy) is 2. The minimum atomic E-state index is -3.29. The van der Waals surface area contributed by atoms with Crippen LogP contribution in [0, 0.1) is 22.7 Å². The molecule has 16 heteroatoms. The molecule has 66 heavy (non-hydrogen) atoms. The van der Waals surface area contributed by atoms with Crippen molar-refractivity contribution in [3.8, 4) is 33.5 Å². The predicted octanol–water partition coefficient (Wildman–Crippen LogP) is 9.07. The van der Waals surface area contributed by atoms with Crippen LogP contribution in [0.3, 0.4) is 0 Å². The first-order valence-corrected chi connectivity index (χ1v) is 22.8. The molecule has 0 radical (unpaired) electrons. The Kier molecular flexibility index (Phi) is 11.2. The quantitative estimate of drug-likeness (QED) is 0.0960. The molecule has 2 bridgehead atoms. The van der Waals surface area contributed by atoms with E-state index in [1.165, 1.54) is 20.3 Å². The minimum absolute atomic E-state index is 0.0419. The molecule has 3 aliphatic carbocycles. The van der Waals surface area contributed by atoms with E-state index in [2.05, 4.69) is 32.5 Å². The Bertz CT molecular complexity index is 2740. The zero-order valence-corrected chi connectivity index (χ0v) is 38.7. The van der Waals surface area contributed by atoms with Gasteiger partial charge < -0.3 is 39.9 Å². The number of methoxy groups -OCH3 is 2. The predicted molar refractivity (Wildman–Crippen MR) is 244 cm³/mol. The molecular weight excluding hydrogens is 847 g/mol. The average Bonchev–Trinajstić information content (AvgIpc) is 3.86. The molecule has 5 aromatic rings. The van der Waals surface area contributed by atoms with Crippen molar-refractivity contribution in [3.05, 3.63) is 83.6 Å². The highest BCUT2D eigenvalue weighted by molar-refractivity contribution is 5.89. The summed E-state index contributed by atoms with van der Waals surface area (Å²) in [5.74, 6) is -2.51. The van der Waals surface area contributed by atoms with Gasteiger partial charge in [0.25, 0.3) is 5.92 Å². The van der Waals surface area contributed by atoms with Gasteiger partial charge in [0.1, 0.15) is 23.7 Å². The molecule has 5 unspecified atom stereocenters. The first kappa shape index (κ1) is 44.9. The van der Waals surface area contributed by atoms with Gasteiger partial charge in [-0.2, -0.15) is 8.78 Å². The summed E-state index contributed by atoms with van der Waals surface area (Å²) in [5, 5.41) is 5.45. The average molecular weight is 905 g/mol. The van der Waals surface area contributed by atoms with E-state index in [9.17, 15) is 19.2 Å². The fourth-order valence-electron chi connectivity index (χ4n) is 10.3. The van der Waals surface area contributed by atoms with Crippen LogP contribution in [-0.4, -0.2) is 92.6 Å². The van der Waals surface area contributed by atoms with E-state index in [0.717, 1.165) is 43.2 Å². The summed E-state index contributed by atoms with van der Waals surface area (Å²) in [5.41, 5.74) is 3.91. The molecule has 1 aliphatic heterocycles. The number of piperidine rings is 1. The van der Waals surface area contributed by atoms with Crippen molar-refractivity contribution >= 4 is 35.0 Å². The first-order valence-electron chi connectivity index (χ1n) is 22.8. The van der Waals surface area contributed by atoms with Crippen molar-refractivity contribution in [1.82, 2.24) is 40.4 Å². The minimum Gasteiger partial charge on any atom is -0.453 e. The van der Waals surface area contributed by atoms with Crippen LogP contribution in [0.2, 0.25) is 0 Å². The Hall–Kier alpha value is -6.32. The molecule has 9 rings (SSSR count). The Morgan fingerprint density at radius 2 is 1.53 bits per heavy atom. The number of alkyl halides is 2. The number of H-pyrrole nitrogens is 2. The van der Waals surface area contributed by atoms with E-state index in [1.807, 2.05) is 63.8 Å². The number of carbonyl (C=O) groups excluding carboxylic acids is 4. The van der Waals surface area contributed by atoms with Crippen LogP contribution in [0.15, 0.2) is 60.8 Å². The number of halogens is 2. The molecule has 3 fully saturated rings. The van der Waals surface area contributed by atoms with Crippen LogP contribution < -0.4 is 10.6 Å². The lowest BCUT2D eigenvalue weighted by Crippen LogP contribution is -2.55. The Balaban J connectivity index is 0.948. The molecule has 1 saturated heterocycles. The number of amides is 4. The van der Waals surface area contributed by atoms with Gasteiger partial charge in [0, 0.05) is 29.3 Å². The summed E-state index contributed by atoms with van der Waals surface area (Å²) in [6.45, 7) is 12.1. The fraction of sp³-hybridized carbons (Fsp3) is 0.480. The Morgan fingerprint density at radius 1 is 0.894 bits per heavy atom. The number of nitrogens with zero attached hydrogens (tertiary/aromatic N) is 4. The van der Waals surface area contributed by atoms with Gasteiger partial charge in [-0.1, -0.05) is 71.9 Å². The van der Waals surface area contributed by atoms with Gasteiger partial charge in [0.15, 0.2) is 0 Å². The molecule has 4 amide bonds. The third-order valence-corrected chi connectivity index (χ3v) is 14.2. The van der Waals surface area contributed by atoms with Gasteiger partial charge in [-0.3, -0.25) is 9.59 Å². The summed E-state index contributed by atoms with van der Waals surface area (Å²) < 4.78 is 43.0. The third kappa shape index (κ3) is 8.16. The van der Waals surface area contributed by atoms with Crippen molar-refractivity contribution < 1.29 is 37.4 Å². The normalized spacial score (nSPS) is 20.7. The topological polar surface area (TPSA) is 175 Å². The standard InChI is InChI=1S/C50H58F2N8O6/c1-26(2)40(57-46(63)65-7)44(61)60-31-13-9-30(19-31)41(60)43-55-36-16-12-28(22-37(36)56-43)27-10-14-32-33-15-11-29(21-35(33)50(51,52)34(32)20-27)38-23-53-39(54-38)24-59(25-49(6)17-18-49)45(62)42(48(3,4)5)58-47(64)66-8/h10-12,14-16,20-23,26,30-31,40-42H,9,13,17-19,24-25H2,1-8H3,(H,53,54)(H,55,56)(H,57,63)(H,58,64). The molecule has 3 heterocycles. The number of aromatic nitrogens is 4. The zero-order valence-electron chi connectivity index (χ0n) is 38.7. The molecule has 3 aromatic carbocycles. The summed E-state index contributed by atoms with van der Waals surface area (Å²) in [4.78, 5) is 72.5. The number of likely N-dealkylation sites (tertiary alicyclic amines) is 1. The number of alkyl carbamates (subject to hydrolysis) is 2. The maximum Gasteiger partial charge on any atom is 0.407 e. The number of aromatic amines is 2. The molecular formula is C50H58F2N8O6. The molecule has 348 valence electrons. The summed E-state index contributed by atoms with van der Waals surface area (Å²) in [6, 6.07) is 14.0. The highest BCUT2D eigenvalue weighted by atomic mass is 19.3. The second-order valence-corrected chi connectivity index (χ2v) is 20.4. The van der Waals surface area contributed by atoms with Gasteiger partial charge in [0.2, 0.25) is 11.8 Å². The van der Waals surface area contributed by atoms with Gasteiger partial charge in [-0.15, -0.1) is 0 Å². The van der Waals surface area contributed by atoms with E-state index in [0.29, 0.717) is 51.7 Å². The Morgan fingerprint density at radius 3 is 2.18 bits per heavy atom. The van der Waals surface area contributed by atoms with E-state index >= 15 is 8.78 Å². The van der Waals surface area contributed by atoms with Crippen molar-refractivity contribution in [3.63, 3.8) is 0 Å². The maximum atomic E-state index is 16.7. The fourth-order valence-corrected chi connectivity index (χ4v) is 10.3. The molecule has 0 spiro atoms. The number of rotatable bonds is 12. The lowest BCUT2D eigenvalue weighted by molar-refractivity contribution is -0.139. The van der Waals surface area contributed by atoms with E-state index < -0.39 is 35.6 Å². The first-order chi connectivity index (χ1) is 31.3. The highest BCUT2D eigenvalue weighted by Crippen LogP contribution is 2.53. The van der Waals surface area contributed by atoms with Crippen LogP contribution in [-0.2, 0) is 31.5 Å². The van der Waals surface area contributed by atoms with Crippen molar-refractivity contribution in [1.29, 1.82) is 0 Å². The molecule has 5 atom stereocenters. The molecule has 4 aliphatic rings. The Labute approximate surface area is 382 Å². The SMILES string of the molecule is COC(=O)NC(C(=O)N1C2CCC(C2)C1c1nc2ccc(-c3ccc4c(c3)C(F)(F)c3cc(-c5cnc(CN(CC6(C)CC6)C(=O)C(NC(=O)OC)C(C)(C)C)[nH]5)ccc3-4)cc2[nH]1)C(C)C. The summed E-state index contributed by atoms with van der Waals surface area (Å²) >= 11 is 0. The number of hydrogen-bond donors (Lipinski definition) is 4. The lowest BCUT2D eigenvalue weighted by atomic mass is 9.85. The third-order valence-electron chi connectivity index (χ3n) is 14.2. The molecule has 14 nitrogen and oxygen atoms in total. The summed E-state index contributed by atoms with van der Waals surface area (Å²) in [6.07, 6.45) is 4.91. The smallest absolute Gasteiger partial charge is 0.407 e. The van der Waals surface area contributed by atoms with Crippen molar-refractivity contribution in [2.75, 3.05) is 20.8 Å². The number of benzene rings is 3. The zero-order chi connectivity index (χ0) is 47.0. The number of hydrogen-bond acceptors (Lipinski definition) is 8. The van der Waals surface area contributed by atoms with Crippen molar-refractivity contribution in [2.45, 2.75) is 110 Å². The van der Waals surface area contributed by atoms with Crippen LogP contribution >= 0.6 is 0 Å². The van der Waals surface area contributed by atoms with Crippen LogP contribution in [0.1, 0.15) is 102 Å². The van der Waals surface area contributed by atoms with E-state index in [1.54, 1.807) is 35.4 Å². The highest BCUT2D eigenvalue weighted by Gasteiger charge is 2.52. The second-order valence-electron chi connectivity index (χ2n) is 20.4. The largest absolute Gasteiger partial charge is 0.453 e. The maximum absolute atomic E-state index is 16.7. The van der Waals surface area contributed by atoms with E-state index in [-0.39, 0.29) is 58.8 Å². The summed E-state index contributed by atoms with van der Waals surface area (Å²) in [7, 11) is 2.54. The molecule has 2 saturated carbocycles. The van der Waals surface area contributed by atoms with Gasteiger partial charge in [-0.05, 0) is 101 Å². The lowest BCUT2D eigenvalue weighted by Gasteiger charge is -2.37. The van der Waals surface area contributed by atoms with Crippen LogP contribution in [0.4, 0.5) is 18.4 Å². The molecule has 4 N–H and O–H groups in total. The van der Waals surface area contributed by atoms with E-state index in [4.69, 9.17) is 14.5 Å². The number of fused-ring (bicyclic) bond motifs is 6. The van der Waals surface area contributed by atoms with Crippen LogP contribution in [0.5, 0.6) is 0 Å². The number of nitrogens with one attached hydrogen (secondary N) is 4. The number of carbonyl (C=O) groups is 4. The monoisotopic (exact) mass is 904 g/mol. The van der Waals surface area contributed by atoms with Crippen molar-refractivity contribution in [2.24, 2.45) is 22.7 Å². The van der Waals surface area contributed by atoms with Crippen LogP contribution in [0.25, 0.3) is 44.5 Å². The molecule has 2 aromatic heterocycles.